The van der Waals surface area contributed by atoms with Crippen molar-refractivity contribution < 1.29 is 28.0 Å². The van der Waals surface area contributed by atoms with Crippen LogP contribution in [0.25, 0.3) is 0 Å². The SMILES string of the molecule is COC(=O)Cc1ncc(C(F)F)c(OC)c1[N+](=O)[O-]. The van der Waals surface area contributed by atoms with Crippen molar-refractivity contribution >= 4 is 11.7 Å². The van der Waals surface area contributed by atoms with Crippen LogP contribution in [-0.2, 0) is 16.0 Å². The summed E-state index contributed by atoms with van der Waals surface area (Å²) < 4.78 is 34.4. The molecular formula is C10H10F2N2O5. The lowest BCUT2D eigenvalue weighted by Crippen LogP contribution is -2.11. The van der Waals surface area contributed by atoms with Crippen molar-refractivity contribution in [2.75, 3.05) is 14.2 Å². The topological polar surface area (TPSA) is 91.6 Å². The second-order valence-corrected chi connectivity index (χ2v) is 3.35. The minimum Gasteiger partial charge on any atom is -0.490 e. The first-order valence-corrected chi connectivity index (χ1v) is 4.97. The van der Waals surface area contributed by atoms with Crippen molar-refractivity contribution in [3.63, 3.8) is 0 Å². The Morgan fingerprint density at radius 3 is 2.58 bits per heavy atom. The van der Waals surface area contributed by atoms with E-state index in [1.165, 1.54) is 0 Å². The molecule has 0 radical (unpaired) electrons. The zero-order chi connectivity index (χ0) is 14.6. The second-order valence-electron chi connectivity index (χ2n) is 3.35. The van der Waals surface area contributed by atoms with E-state index in [-0.39, 0.29) is 5.69 Å². The smallest absolute Gasteiger partial charge is 0.333 e. The lowest BCUT2D eigenvalue weighted by atomic mass is 10.1. The molecular weight excluding hydrogens is 266 g/mol. The fraction of sp³-hybridized carbons (Fsp3) is 0.400. The summed E-state index contributed by atoms with van der Waals surface area (Å²) in [5.41, 5.74) is -1.76. The summed E-state index contributed by atoms with van der Waals surface area (Å²) in [6.45, 7) is 0. The number of hydrogen-bond donors (Lipinski definition) is 0. The standard InChI is InChI=1S/C10H10F2N2O5/c1-18-7(15)3-6-8(14(16)17)9(19-2)5(4-13-6)10(11)12/h4,10H,3H2,1-2H3. The van der Waals surface area contributed by atoms with Crippen LogP contribution in [0.5, 0.6) is 5.75 Å². The molecule has 0 bridgehead atoms. The van der Waals surface area contributed by atoms with Gasteiger partial charge < -0.3 is 9.47 Å². The summed E-state index contributed by atoms with van der Waals surface area (Å²) in [7, 11) is 2.12. The van der Waals surface area contributed by atoms with Gasteiger partial charge in [-0.25, -0.2) is 8.78 Å². The van der Waals surface area contributed by atoms with Gasteiger partial charge in [-0.3, -0.25) is 19.9 Å². The number of esters is 1. The normalized spacial score (nSPS) is 10.4. The minimum atomic E-state index is -2.98. The summed E-state index contributed by atoms with van der Waals surface area (Å²) in [5, 5.41) is 10.9. The number of pyridine rings is 1. The highest BCUT2D eigenvalue weighted by atomic mass is 19.3. The van der Waals surface area contributed by atoms with Crippen LogP contribution in [0.15, 0.2) is 6.20 Å². The van der Waals surface area contributed by atoms with Crippen LogP contribution in [-0.4, -0.2) is 30.1 Å². The molecule has 104 valence electrons. The third kappa shape index (κ3) is 3.12. The first-order chi connectivity index (χ1) is 8.92. The molecule has 1 aromatic heterocycles. The van der Waals surface area contributed by atoms with Gasteiger partial charge in [0.25, 0.3) is 6.43 Å². The number of alkyl halides is 2. The predicted molar refractivity (Wildman–Crippen MR) is 58.1 cm³/mol. The predicted octanol–water partition coefficient (Wildman–Crippen LogP) is 1.65. The highest BCUT2D eigenvalue weighted by Gasteiger charge is 2.30. The van der Waals surface area contributed by atoms with Crippen molar-refractivity contribution in [1.29, 1.82) is 0 Å². The van der Waals surface area contributed by atoms with Gasteiger partial charge >= 0.3 is 11.7 Å². The Morgan fingerprint density at radius 2 is 2.16 bits per heavy atom. The average molecular weight is 276 g/mol. The van der Waals surface area contributed by atoms with Gasteiger partial charge in [0.1, 0.15) is 5.69 Å². The van der Waals surface area contributed by atoms with Crippen LogP contribution in [0.4, 0.5) is 14.5 Å². The third-order valence-corrected chi connectivity index (χ3v) is 2.27. The van der Waals surface area contributed by atoms with E-state index in [0.29, 0.717) is 0 Å². The molecule has 0 fully saturated rings. The van der Waals surface area contributed by atoms with Crippen molar-refractivity contribution in [3.8, 4) is 5.75 Å². The highest BCUT2D eigenvalue weighted by Crippen LogP contribution is 2.38. The Balaban J connectivity index is 3.41. The van der Waals surface area contributed by atoms with Crippen molar-refractivity contribution in [2.45, 2.75) is 12.8 Å². The summed E-state index contributed by atoms with van der Waals surface area (Å²) in [5.74, 6) is -1.38. The number of carbonyl (C=O) groups is 1. The molecule has 0 atom stereocenters. The number of nitro groups is 1. The van der Waals surface area contributed by atoms with Gasteiger partial charge in [0.2, 0.25) is 5.75 Å². The van der Waals surface area contributed by atoms with Gasteiger partial charge in [0.05, 0.1) is 31.1 Å². The molecule has 0 saturated carbocycles. The molecule has 0 saturated heterocycles. The van der Waals surface area contributed by atoms with E-state index in [2.05, 4.69) is 14.5 Å². The number of carbonyl (C=O) groups excluding carboxylic acids is 1. The Hall–Kier alpha value is -2.32. The molecule has 0 spiro atoms. The molecule has 0 aliphatic carbocycles. The van der Waals surface area contributed by atoms with Crippen LogP contribution in [0.3, 0.4) is 0 Å². The molecule has 0 aliphatic rings. The Labute approximate surface area is 106 Å². The van der Waals surface area contributed by atoms with Crippen LogP contribution >= 0.6 is 0 Å². The number of ether oxygens (including phenoxy) is 2. The van der Waals surface area contributed by atoms with E-state index in [1.807, 2.05) is 0 Å². The molecule has 7 nitrogen and oxygen atoms in total. The highest BCUT2D eigenvalue weighted by molar-refractivity contribution is 5.74. The maximum Gasteiger partial charge on any atom is 0.333 e. The van der Waals surface area contributed by atoms with E-state index in [9.17, 15) is 23.7 Å². The van der Waals surface area contributed by atoms with Crippen LogP contribution < -0.4 is 4.74 Å². The van der Waals surface area contributed by atoms with Crippen LogP contribution in [0, 0.1) is 10.1 Å². The molecule has 0 unspecified atom stereocenters. The third-order valence-electron chi connectivity index (χ3n) is 2.27. The van der Waals surface area contributed by atoms with Gasteiger partial charge in [0.15, 0.2) is 0 Å². The molecule has 0 N–H and O–H groups in total. The molecule has 0 amide bonds. The Bertz CT molecular complexity index is 507. The molecule has 0 aliphatic heterocycles. The summed E-state index contributed by atoms with van der Waals surface area (Å²) in [6.07, 6.45) is -2.74. The maximum atomic E-state index is 12.7. The monoisotopic (exact) mass is 276 g/mol. The maximum absolute atomic E-state index is 12.7. The number of aromatic nitrogens is 1. The summed E-state index contributed by atoms with van der Waals surface area (Å²) in [4.78, 5) is 24.6. The van der Waals surface area contributed by atoms with Crippen molar-refractivity contribution in [1.82, 2.24) is 4.98 Å². The van der Waals surface area contributed by atoms with E-state index in [4.69, 9.17) is 0 Å². The molecule has 0 aromatic carbocycles. The fourth-order valence-electron chi connectivity index (χ4n) is 1.43. The number of rotatable bonds is 5. The van der Waals surface area contributed by atoms with Crippen LogP contribution in [0.1, 0.15) is 17.7 Å². The largest absolute Gasteiger partial charge is 0.490 e. The van der Waals surface area contributed by atoms with Gasteiger partial charge in [0, 0.05) is 6.20 Å². The lowest BCUT2D eigenvalue weighted by molar-refractivity contribution is -0.386. The van der Waals surface area contributed by atoms with Gasteiger partial charge in [-0.05, 0) is 0 Å². The average Bonchev–Trinajstić information content (AvgIpc) is 2.36. The Kier molecular flexibility index (Phi) is 4.67. The zero-order valence-electron chi connectivity index (χ0n) is 10.1. The minimum absolute atomic E-state index is 0.293. The molecule has 19 heavy (non-hydrogen) atoms. The lowest BCUT2D eigenvalue weighted by Gasteiger charge is -2.10. The molecule has 1 rings (SSSR count). The fourth-order valence-corrected chi connectivity index (χ4v) is 1.43. The molecule has 9 heteroatoms. The molecule has 1 aromatic rings. The Morgan fingerprint density at radius 1 is 1.53 bits per heavy atom. The van der Waals surface area contributed by atoms with Crippen molar-refractivity contribution in [2.24, 2.45) is 0 Å². The van der Waals surface area contributed by atoms with E-state index >= 15 is 0 Å². The van der Waals surface area contributed by atoms with Crippen LogP contribution in [0.2, 0.25) is 0 Å². The van der Waals surface area contributed by atoms with E-state index in [1.54, 1.807) is 0 Å². The zero-order valence-corrected chi connectivity index (χ0v) is 10.1. The first kappa shape index (κ1) is 14.7. The van der Waals surface area contributed by atoms with Gasteiger partial charge in [-0.1, -0.05) is 0 Å². The quantitative estimate of drug-likeness (QED) is 0.461. The van der Waals surface area contributed by atoms with Gasteiger partial charge in [-0.15, -0.1) is 0 Å². The van der Waals surface area contributed by atoms with Crippen molar-refractivity contribution in [3.05, 3.63) is 27.6 Å². The summed E-state index contributed by atoms with van der Waals surface area (Å²) >= 11 is 0. The second kappa shape index (κ2) is 6.03. The number of hydrogen-bond acceptors (Lipinski definition) is 6. The van der Waals surface area contributed by atoms with E-state index < -0.39 is 40.7 Å². The number of nitrogens with zero attached hydrogens (tertiary/aromatic N) is 2. The number of methoxy groups -OCH3 is 2. The molecule has 1 heterocycles. The summed E-state index contributed by atoms with van der Waals surface area (Å²) in [6, 6.07) is 0. The van der Waals surface area contributed by atoms with Gasteiger partial charge in [-0.2, -0.15) is 0 Å². The van der Waals surface area contributed by atoms with E-state index in [0.717, 1.165) is 20.4 Å². The first-order valence-electron chi connectivity index (χ1n) is 4.97. The number of halogens is 2.